The minimum atomic E-state index is -0.203. The molecule has 1 aromatic carbocycles. The molecule has 0 spiro atoms. The summed E-state index contributed by atoms with van der Waals surface area (Å²) in [6, 6.07) is 5.17. The van der Waals surface area contributed by atoms with E-state index in [2.05, 4.69) is 5.32 Å². The molecule has 3 saturated carbocycles. The molecule has 0 saturated heterocycles. The largest absolute Gasteiger partial charge is 0.351 e. The molecule has 5 nitrogen and oxygen atoms in total. The number of fused-ring (bicyclic) bond motifs is 4. The van der Waals surface area contributed by atoms with Crippen molar-refractivity contribution in [2.24, 2.45) is 11.3 Å². The molecule has 27 heavy (non-hydrogen) atoms. The van der Waals surface area contributed by atoms with Gasteiger partial charge in [0.05, 0.1) is 16.1 Å². The van der Waals surface area contributed by atoms with Crippen LogP contribution in [0.3, 0.4) is 0 Å². The first-order valence-corrected chi connectivity index (χ1v) is 10.1. The second-order valence-corrected chi connectivity index (χ2v) is 8.80. The van der Waals surface area contributed by atoms with E-state index in [1.54, 1.807) is 32.4 Å². The number of benzene rings is 1. The predicted octanol–water partition coefficient (Wildman–Crippen LogP) is 4.52. The standard InChI is InChI=1S/C21H26ClN3O2/c1-24(2)20(27)25-12-15(18-16(22)4-3-5-17(18)25)19(26)23-13-21-9-6-14(7-10-21)8-11-21/h3-5,12,14H,6-11,13H2,1-2H3,(H,23,26). The van der Waals surface area contributed by atoms with Crippen LogP contribution in [0.2, 0.25) is 5.02 Å². The molecule has 3 fully saturated rings. The van der Waals surface area contributed by atoms with E-state index in [-0.39, 0.29) is 17.4 Å². The number of nitrogens with one attached hydrogen (secondary N) is 1. The second kappa shape index (κ2) is 6.86. The Kier molecular flexibility index (Phi) is 4.66. The van der Waals surface area contributed by atoms with Gasteiger partial charge < -0.3 is 10.2 Å². The summed E-state index contributed by atoms with van der Waals surface area (Å²) in [6.45, 7) is 0.706. The lowest BCUT2D eigenvalue weighted by Gasteiger charge is -2.46. The summed E-state index contributed by atoms with van der Waals surface area (Å²) in [6.07, 6.45) is 9.11. The van der Waals surface area contributed by atoms with Crippen molar-refractivity contribution in [2.45, 2.75) is 38.5 Å². The predicted molar refractivity (Wildman–Crippen MR) is 107 cm³/mol. The van der Waals surface area contributed by atoms with Gasteiger partial charge in [-0.2, -0.15) is 0 Å². The third-order valence-electron chi connectivity index (χ3n) is 6.48. The molecule has 1 heterocycles. The highest BCUT2D eigenvalue weighted by Crippen LogP contribution is 2.49. The number of hydrogen-bond acceptors (Lipinski definition) is 2. The van der Waals surface area contributed by atoms with Crippen molar-refractivity contribution in [1.82, 2.24) is 14.8 Å². The highest BCUT2D eigenvalue weighted by Gasteiger charge is 2.40. The van der Waals surface area contributed by atoms with Gasteiger partial charge in [0.25, 0.3) is 5.91 Å². The average molecular weight is 388 g/mol. The van der Waals surface area contributed by atoms with E-state index in [0.29, 0.717) is 28.0 Å². The second-order valence-electron chi connectivity index (χ2n) is 8.39. The van der Waals surface area contributed by atoms with Gasteiger partial charge in [0.2, 0.25) is 0 Å². The van der Waals surface area contributed by atoms with Gasteiger partial charge >= 0.3 is 6.03 Å². The topological polar surface area (TPSA) is 54.3 Å². The van der Waals surface area contributed by atoms with Crippen molar-refractivity contribution in [3.8, 4) is 0 Å². The average Bonchev–Trinajstić information content (AvgIpc) is 3.08. The molecule has 0 radical (unpaired) electrons. The molecular weight excluding hydrogens is 362 g/mol. The fraction of sp³-hybridized carbons (Fsp3) is 0.524. The monoisotopic (exact) mass is 387 g/mol. The van der Waals surface area contributed by atoms with Crippen LogP contribution in [0.25, 0.3) is 10.9 Å². The van der Waals surface area contributed by atoms with Crippen LogP contribution in [-0.2, 0) is 0 Å². The fourth-order valence-electron chi connectivity index (χ4n) is 4.76. The molecule has 2 amide bonds. The minimum Gasteiger partial charge on any atom is -0.351 e. The van der Waals surface area contributed by atoms with Gasteiger partial charge in [0, 0.05) is 32.2 Å². The van der Waals surface area contributed by atoms with E-state index in [4.69, 9.17) is 11.6 Å². The molecule has 6 heteroatoms. The van der Waals surface area contributed by atoms with E-state index in [1.807, 2.05) is 6.07 Å². The molecule has 3 aliphatic rings. The third kappa shape index (κ3) is 3.22. The van der Waals surface area contributed by atoms with E-state index >= 15 is 0 Å². The Labute approximate surface area is 164 Å². The Hall–Kier alpha value is -2.01. The fourth-order valence-corrected chi connectivity index (χ4v) is 5.03. The Morgan fingerprint density at radius 1 is 1.22 bits per heavy atom. The summed E-state index contributed by atoms with van der Waals surface area (Å²) in [5.74, 6) is 0.747. The van der Waals surface area contributed by atoms with Gasteiger partial charge in [0.1, 0.15) is 0 Å². The van der Waals surface area contributed by atoms with E-state index in [0.717, 1.165) is 5.92 Å². The van der Waals surface area contributed by atoms with Crippen molar-refractivity contribution < 1.29 is 9.59 Å². The number of carbonyl (C=O) groups excluding carboxylic acids is 2. The number of hydrogen-bond donors (Lipinski definition) is 1. The van der Waals surface area contributed by atoms with Crippen molar-refractivity contribution in [1.29, 1.82) is 0 Å². The number of aromatic nitrogens is 1. The van der Waals surface area contributed by atoms with Gasteiger partial charge in [0.15, 0.2) is 0 Å². The van der Waals surface area contributed by atoms with Gasteiger partial charge in [-0.25, -0.2) is 4.79 Å². The van der Waals surface area contributed by atoms with Crippen molar-refractivity contribution in [2.75, 3.05) is 20.6 Å². The van der Waals surface area contributed by atoms with Crippen LogP contribution in [-0.4, -0.2) is 42.0 Å². The lowest BCUT2D eigenvalue weighted by molar-refractivity contribution is 0.0598. The van der Waals surface area contributed by atoms with Crippen LogP contribution in [0.15, 0.2) is 24.4 Å². The minimum absolute atomic E-state index is 0.152. The molecule has 0 atom stereocenters. The van der Waals surface area contributed by atoms with E-state index in [9.17, 15) is 9.59 Å². The third-order valence-corrected chi connectivity index (χ3v) is 6.80. The van der Waals surface area contributed by atoms with Gasteiger partial charge in [-0.1, -0.05) is 17.7 Å². The van der Waals surface area contributed by atoms with Crippen molar-refractivity contribution >= 4 is 34.4 Å². The first kappa shape index (κ1) is 18.4. The highest BCUT2D eigenvalue weighted by atomic mass is 35.5. The summed E-state index contributed by atoms with van der Waals surface area (Å²) < 4.78 is 1.50. The van der Waals surface area contributed by atoms with Gasteiger partial charge in [-0.3, -0.25) is 9.36 Å². The van der Waals surface area contributed by atoms with Crippen molar-refractivity contribution in [3.05, 3.63) is 35.0 Å². The van der Waals surface area contributed by atoms with Gasteiger partial charge in [-0.15, -0.1) is 0 Å². The number of rotatable bonds is 3. The summed E-state index contributed by atoms with van der Waals surface area (Å²) >= 11 is 6.40. The Morgan fingerprint density at radius 2 is 1.89 bits per heavy atom. The van der Waals surface area contributed by atoms with Crippen molar-refractivity contribution in [3.63, 3.8) is 0 Å². The molecule has 2 bridgehead atoms. The number of carbonyl (C=O) groups is 2. The van der Waals surface area contributed by atoms with Crippen LogP contribution in [0.1, 0.15) is 48.9 Å². The van der Waals surface area contributed by atoms with E-state index < -0.39 is 0 Å². The summed E-state index contributed by atoms with van der Waals surface area (Å²) in [5, 5.41) is 4.27. The molecule has 5 rings (SSSR count). The quantitative estimate of drug-likeness (QED) is 0.841. The normalized spacial score (nSPS) is 24.2. The molecule has 0 unspecified atom stereocenters. The van der Waals surface area contributed by atoms with E-state index in [1.165, 1.54) is 48.0 Å². The van der Waals surface area contributed by atoms with Gasteiger partial charge in [-0.05, 0) is 62.0 Å². The summed E-state index contributed by atoms with van der Waals surface area (Å²) in [7, 11) is 3.38. The SMILES string of the molecule is CN(C)C(=O)n1cc(C(=O)NCC23CCC(CC2)CC3)c2c(Cl)cccc21. The van der Waals surface area contributed by atoms with Crippen LogP contribution in [0.4, 0.5) is 4.79 Å². The summed E-state index contributed by atoms with van der Waals surface area (Å²) in [4.78, 5) is 27.0. The maximum absolute atomic E-state index is 13.0. The molecule has 1 N–H and O–H groups in total. The van der Waals surface area contributed by atoms with Crippen LogP contribution < -0.4 is 5.32 Å². The zero-order valence-electron chi connectivity index (χ0n) is 15.9. The zero-order chi connectivity index (χ0) is 19.2. The van der Waals surface area contributed by atoms with Crippen LogP contribution in [0, 0.1) is 11.3 Å². The molecule has 0 aliphatic heterocycles. The molecule has 1 aromatic heterocycles. The number of amides is 2. The maximum atomic E-state index is 13.0. The smallest absolute Gasteiger partial charge is 0.328 e. The molecular formula is C21H26ClN3O2. The Bertz CT molecular complexity index is 880. The molecule has 144 valence electrons. The Morgan fingerprint density at radius 3 is 2.52 bits per heavy atom. The highest BCUT2D eigenvalue weighted by molar-refractivity contribution is 6.37. The maximum Gasteiger partial charge on any atom is 0.328 e. The Balaban J connectivity index is 1.62. The summed E-state index contributed by atoms with van der Waals surface area (Å²) in [5.41, 5.74) is 1.38. The number of nitrogens with zero attached hydrogens (tertiary/aromatic N) is 2. The molecule has 2 aromatic rings. The molecule has 3 aliphatic carbocycles. The number of halogens is 1. The zero-order valence-corrected chi connectivity index (χ0v) is 16.7. The first-order valence-electron chi connectivity index (χ1n) is 9.70. The lowest BCUT2D eigenvalue weighted by Crippen LogP contribution is -2.43. The lowest BCUT2D eigenvalue weighted by atomic mass is 9.61. The first-order chi connectivity index (χ1) is 12.9. The van der Waals surface area contributed by atoms with Crippen LogP contribution >= 0.6 is 11.6 Å². The van der Waals surface area contributed by atoms with Crippen LogP contribution in [0.5, 0.6) is 0 Å².